The Morgan fingerprint density at radius 2 is 1.50 bits per heavy atom. The smallest absolute Gasteiger partial charge is 0.341 e. The van der Waals surface area contributed by atoms with E-state index in [1.165, 1.54) is 24.3 Å². The molecule has 0 aliphatic heterocycles. The monoisotopic (exact) mass is 366 g/mol. The number of aliphatic carboxylic acids is 1. The highest BCUT2D eigenvalue weighted by molar-refractivity contribution is 5.92. The summed E-state index contributed by atoms with van der Waals surface area (Å²) >= 11 is 0. The Balaban J connectivity index is 2.55. The lowest BCUT2D eigenvalue weighted by atomic mass is 10.1. The molecule has 2 N–H and O–H groups in total. The molecular formula is C18H22O8. The standard InChI is InChI=1S/C18H22O8/c1-2-5-16(25-15(21)7-4-3-6-14(19)20)26-18(24)13-10-8-12(9-11-13)17(22)23/h8-11,16H,2-7H2,1H3,(H,19,20)(H,22,23). The number of aromatic carboxylic acids is 1. The van der Waals surface area contributed by atoms with Crippen LogP contribution in [-0.2, 0) is 19.1 Å². The van der Waals surface area contributed by atoms with Gasteiger partial charge in [-0.2, -0.15) is 0 Å². The highest BCUT2D eigenvalue weighted by atomic mass is 16.7. The van der Waals surface area contributed by atoms with E-state index in [0.29, 0.717) is 25.7 Å². The first-order valence-corrected chi connectivity index (χ1v) is 8.29. The number of ether oxygens (including phenoxy) is 2. The van der Waals surface area contributed by atoms with E-state index in [2.05, 4.69) is 0 Å². The fourth-order valence-electron chi connectivity index (χ4n) is 2.07. The second-order valence-corrected chi connectivity index (χ2v) is 5.60. The molecule has 1 aromatic rings. The molecule has 0 spiro atoms. The van der Waals surface area contributed by atoms with Crippen LogP contribution in [0.1, 0.15) is 66.2 Å². The number of benzene rings is 1. The van der Waals surface area contributed by atoms with E-state index in [1.54, 1.807) is 0 Å². The molecule has 0 saturated carbocycles. The fraction of sp³-hybridized carbons (Fsp3) is 0.444. The minimum Gasteiger partial charge on any atom is -0.481 e. The molecule has 1 atom stereocenters. The van der Waals surface area contributed by atoms with E-state index in [1.807, 2.05) is 6.92 Å². The first-order chi connectivity index (χ1) is 12.3. The first-order valence-electron chi connectivity index (χ1n) is 8.29. The Morgan fingerprint density at radius 3 is 2.04 bits per heavy atom. The topological polar surface area (TPSA) is 127 Å². The van der Waals surface area contributed by atoms with Gasteiger partial charge in [0.1, 0.15) is 0 Å². The molecule has 8 heteroatoms. The fourth-order valence-corrected chi connectivity index (χ4v) is 2.07. The summed E-state index contributed by atoms with van der Waals surface area (Å²) in [7, 11) is 0. The summed E-state index contributed by atoms with van der Waals surface area (Å²) < 4.78 is 10.3. The normalized spacial score (nSPS) is 11.4. The SMILES string of the molecule is CCCC(OC(=O)CCCCC(=O)O)OC(=O)c1ccc(C(=O)O)cc1. The maximum Gasteiger partial charge on any atom is 0.341 e. The number of carboxylic acids is 2. The third-order valence-corrected chi connectivity index (χ3v) is 3.41. The van der Waals surface area contributed by atoms with E-state index < -0.39 is 30.2 Å². The van der Waals surface area contributed by atoms with Crippen LogP contribution in [0.25, 0.3) is 0 Å². The Kier molecular flexibility index (Phi) is 8.83. The maximum atomic E-state index is 12.1. The van der Waals surface area contributed by atoms with Gasteiger partial charge >= 0.3 is 23.9 Å². The molecule has 1 unspecified atom stereocenters. The van der Waals surface area contributed by atoms with Gasteiger partial charge in [0.25, 0.3) is 0 Å². The van der Waals surface area contributed by atoms with Crippen molar-refractivity contribution < 1.29 is 38.9 Å². The molecular weight excluding hydrogens is 344 g/mol. The number of carbonyl (C=O) groups is 4. The van der Waals surface area contributed by atoms with Crippen LogP contribution in [-0.4, -0.2) is 40.4 Å². The molecule has 0 amide bonds. The second kappa shape index (κ2) is 10.9. The molecule has 0 heterocycles. The van der Waals surface area contributed by atoms with Gasteiger partial charge in [-0.15, -0.1) is 0 Å². The molecule has 0 aromatic heterocycles. The maximum absolute atomic E-state index is 12.1. The average molecular weight is 366 g/mol. The summed E-state index contributed by atoms with van der Waals surface area (Å²) in [6.45, 7) is 1.84. The molecule has 8 nitrogen and oxygen atoms in total. The molecule has 26 heavy (non-hydrogen) atoms. The van der Waals surface area contributed by atoms with Gasteiger partial charge in [-0.05, 0) is 43.5 Å². The zero-order valence-electron chi connectivity index (χ0n) is 14.5. The largest absolute Gasteiger partial charge is 0.481 e. The molecule has 1 aromatic carbocycles. The third-order valence-electron chi connectivity index (χ3n) is 3.41. The van der Waals surface area contributed by atoms with Crippen molar-refractivity contribution in [2.45, 2.75) is 51.7 Å². The van der Waals surface area contributed by atoms with E-state index >= 15 is 0 Å². The Labute approximate surface area is 150 Å². The Hall–Kier alpha value is -2.90. The van der Waals surface area contributed by atoms with Crippen LogP contribution in [0.5, 0.6) is 0 Å². The summed E-state index contributed by atoms with van der Waals surface area (Å²) in [6.07, 6.45) is 0.638. The molecule has 0 aliphatic rings. The number of hydrogen-bond acceptors (Lipinski definition) is 6. The number of carboxylic acid groups (broad SMARTS) is 2. The van der Waals surface area contributed by atoms with Crippen molar-refractivity contribution in [3.8, 4) is 0 Å². The molecule has 0 radical (unpaired) electrons. The van der Waals surface area contributed by atoms with Crippen molar-refractivity contribution in [3.05, 3.63) is 35.4 Å². The highest BCUT2D eigenvalue weighted by Crippen LogP contribution is 2.13. The first kappa shape index (κ1) is 21.1. The van der Waals surface area contributed by atoms with E-state index in [-0.39, 0.29) is 24.0 Å². The van der Waals surface area contributed by atoms with Gasteiger partial charge in [0.05, 0.1) is 11.1 Å². The summed E-state index contributed by atoms with van der Waals surface area (Å²) in [5.74, 6) is -3.32. The number of esters is 2. The summed E-state index contributed by atoms with van der Waals surface area (Å²) in [5, 5.41) is 17.4. The molecule has 142 valence electrons. The van der Waals surface area contributed by atoms with Crippen molar-refractivity contribution in [2.75, 3.05) is 0 Å². The van der Waals surface area contributed by atoms with Crippen LogP contribution in [0.3, 0.4) is 0 Å². The van der Waals surface area contributed by atoms with Gasteiger partial charge in [-0.3, -0.25) is 9.59 Å². The minimum atomic E-state index is -1.11. The lowest BCUT2D eigenvalue weighted by Crippen LogP contribution is -2.24. The van der Waals surface area contributed by atoms with E-state index in [9.17, 15) is 19.2 Å². The van der Waals surface area contributed by atoms with E-state index in [4.69, 9.17) is 19.7 Å². The van der Waals surface area contributed by atoms with Gasteiger partial charge in [0.2, 0.25) is 6.29 Å². The summed E-state index contributed by atoms with van der Waals surface area (Å²) in [4.78, 5) is 45.1. The summed E-state index contributed by atoms with van der Waals surface area (Å²) in [6, 6.07) is 5.20. The molecule has 0 bridgehead atoms. The van der Waals surface area contributed by atoms with Crippen LogP contribution in [0, 0.1) is 0 Å². The molecule has 1 rings (SSSR count). The van der Waals surface area contributed by atoms with Gasteiger partial charge in [0.15, 0.2) is 0 Å². The summed E-state index contributed by atoms with van der Waals surface area (Å²) in [5.41, 5.74) is 0.188. The van der Waals surface area contributed by atoms with Crippen LogP contribution in [0.2, 0.25) is 0 Å². The van der Waals surface area contributed by atoms with E-state index in [0.717, 1.165) is 0 Å². The van der Waals surface area contributed by atoms with Crippen LogP contribution in [0.4, 0.5) is 0 Å². The van der Waals surface area contributed by atoms with Crippen molar-refractivity contribution in [1.82, 2.24) is 0 Å². The molecule has 0 aliphatic carbocycles. The van der Waals surface area contributed by atoms with Crippen molar-refractivity contribution in [1.29, 1.82) is 0 Å². The van der Waals surface area contributed by atoms with Gasteiger partial charge < -0.3 is 19.7 Å². The average Bonchev–Trinajstić information content (AvgIpc) is 2.58. The van der Waals surface area contributed by atoms with Crippen molar-refractivity contribution in [2.24, 2.45) is 0 Å². The van der Waals surface area contributed by atoms with Crippen LogP contribution < -0.4 is 0 Å². The van der Waals surface area contributed by atoms with Crippen molar-refractivity contribution in [3.63, 3.8) is 0 Å². The second-order valence-electron chi connectivity index (χ2n) is 5.60. The predicted molar refractivity (Wildman–Crippen MR) is 89.7 cm³/mol. The highest BCUT2D eigenvalue weighted by Gasteiger charge is 2.19. The van der Waals surface area contributed by atoms with Crippen LogP contribution >= 0.6 is 0 Å². The van der Waals surface area contributed by atoms with Gasteiger partial charge in [0, 0.05) is 19.3 Å². The minimum absolute atomic E-state index is 0.0208. The number of hydrogen-bond donors (Lipinski definition) is 2. The lowest BCUT2D eigenvalue weighted by molar-refractivity contribution is -0.169. The lowest BCUT2D eigenvalue weighted by Gasteiger charge is -2.18. The Bertz CT molecular complexity index is 635. The molecule has 0 saturated heterocycles. The number of unbranched alkanes of at least 4 members (excludes halogenated alkanes) is 1. The quantitative estimate of drug-likeness (QED) is 0.348. The number of carbonyl (C=O) groups excluding carboxylic acids is 2. The van der Waals surface area contributed by atoms with Crippen LogP contribution in [0.15, 0.2) is 24.3 Å². The van der Waals surface area contributed by atoms with Crippen molar-refractivity contribution >= 4 is 23.9 Å². The predicted octanol–water partition coefficient (Wildman–Crippen LogP) is 2.86. The zero-order chi connectivity index (χ0) is 19.5. The Morgan fingerprint density at radius 1 is 0.923 bits per heavy atom. The van der Waals surface area contributed by atoms with Gasteiger partial charge in [-0.25, -0.2) is 9.59 Å². The zero-order valence-corrected chi connectivity index (χ0v) is 14.5. The van der Waals surface area contributed by atoms with Gasteiger partial charge in [-0.1, -0.05) is 6.92 Å². The molecule has 0 fully saturated rings. The number of rotatable bonds is 11. The third kappa shape index (κ3) is 7.78.